The molecule has 0 aliphatic rings. The molecule has 0 saturated carbocycles. The highest BCUT2D eigenvalue weighted by molar-refractivity contribution is 6.00. The van der Waals surface area contributed by atoms with Gasteiger partial charge in [-0.25, -0.2) is 22.9 Å². The summed E-state index contributed by atoms with van der Waals surface area (Å²) in [5, 5.41) is 8.78. The van der Waals surface area contributed by atoms with Crippen LogP contribution >= 0.6 is 0 Å². The van der Waals surface area contributed by atoms with Gasteiger partial charge in [0.2, 0.25) is 0 Å². The Bertz CT molecular complexity index is 1470. The summed E-state index contributed by atoms with van der Waals surface area (Å²) in [6.07, 6.45) is 3.33. The zero-order valence-corrected chi connectivity index (χ0v) is 18.2. The number of nitrogens with one attached hydrogen (secondary N) is 3. The molecule has 3 N–H and O–H groups in total. The molecule has 2 heterocycles. The second kappa shape index (κ2) is 9.26. The fraction of sp³-hybridized carbons (Fsp3) is 0.125. The van der Waals surface area contributed by atoms with Gasteiger partial charge in [-0.15, -0.1) is 0 Å². The Morgan fingerprint density at radius 2 is 1.85 bits per heavy atom. The van der Waals surface area contributed by atoms with Gasteiger partial charge in [-0.2, -0.15) is 0 Å². The van der Waals surface area contributed by atoms with Gasteiger partial charge in [0, 0.05) is 42.1 Å². The van der Waals surface area contributed by atoms with Crippen molar-refractivity contribution >= 4 is 34.0 Å². The summed E-state index contributed by atoms with van der Waals surface area (Å²) in [6.45, 7) is 1.80. The third-order valence-corrected chi connectivity index (χ3v) is 5.24. The average Bonchev–Trinajstić information content (AvgIpc) is 2.80. The molecular weight excluding hydrogens is 447 g/mol. The number of benzene rings is 2. The zero-order valence-electron chi connectivity index (χ0n) is 18.2. The van der Waals surface area contributed by atoms with Crippen LogP contribution in [0.5, 0.6) is 0 Å². The smallest absolute Gasteiger partial charge is 0.323 e. The van der Waals surface area contributed by atoms with Gasteiger partial charge in [-0.1, -0.05) is 13.0 Å². The summed E-state index contributed by atoms with van der Waals surface area (Å²) in [5.74, 6) is -2.02. The van der Waals surface area contributed by atoms with Crippen molar-refractivity contribution in [3.63, 3.8) is 0 Å². The van der Waals surface area contributed by atoms with Crippen molar-refractivity contribution in [2.75, 3.05) is 23.0 Å². The third kappa shape index (κ3) is 4.42. The molecule has 0 aliphatic heterocycles. The first-order valence-electron chi connectivity index (χ1n) is 10.4. The molecule has 2 aromatic heterocycles. The number of carbonyl (C=O) groups excluding carboxylic acids is 1. The topological polar surface area (TPSA) is 88.1 Å². The van der Waals surface area contributed by atoms with Crippen LogP contribution in [0.15, 0.2) is 59.7 Å². The van der Waals surface area contributed by atoms with E-state index in [9.17, 15) is 22.8 Å². The van der Waals surface area contributed by atoms with E-state index < -0.39 is 29.0 Å². The number of carbonyl (C=O) groups is 1. The second-order valence-electron chi connectivity index (χ2n) is 7.42. The molecule has 7 nitrogen and oxygen atoms in total. The molecule has 0 atom stereocenters. The van der Waals surface area contributed by atoms with Crippen LogP contribution in [0.1, 0.15) is 12.5 Å². The lowest BCUT2D eigenvalue weighted by Crippen LogP contribution is -2.24. The number of hydrogen-bond acceptors (Lipinski definition) is 4. The maximum absolute atomic E-state index is 14.8. The first kappa shape index (κ1) is 22.8. The summed E-state index contributed by atoms with van der Waals surface area (Å²) in [6, 6.07) is 7.60. The van der Waals surface area contributed by atoms with Gasteiger partial charge < -0.3 is 16.0 Å². The van der Waals surface area contributed by atoms with Crippen LogP contribution in [0.4, 0.5) is 35.2 Å². The largest absolute Gasteiger partial charge is 0.373 e. The van der Waals surface area contributed by atoms with Crippen molar-refractivity contribution in [2.24, 2.45) is 0 Å². The van der Waals surface area contributed by atoms with E-state index in [2.05, 4.69) is 20.9 Å². The predicted octanol–water partition coefficient (Wildman–Crippen LogP) is 5.05. The van der Waals surface area contributed by atoms with E-state index in [1.54, 1.807) is 26.2 Å². The fourth-order valence-corrected chi connectivity index (χ4v) is 3.61. The van der Waals surface area contributed by atoms with Crippen molar-refractivity contribution in [3.05, 3.63) is 88.2 Å². The fourth-order valence-electron chi connectivity index (χ4n) is 3.61. The molecule has 0 radical (unpaired) electrons. The molecule has 0 fully saturated rings. The highest BCUT2D eigenvalue weighted by Crippen LogP contribution is 2.25. The van der Waals surface area contributed by atoms with Crippen LogP contribution in [0.3, 0.4) is 0 Å². The Labute approximate surface area is 192 Å². The number of amides is 2. The monoisotopic (exact) mass is 467 g/mol. The van der Waals surface area contributed by atoms with Crippen molar-refractivity contribution < 1.29 is 18.0 Å². The van der Waals surface area contributed by atoms with Gasteiger partial charge in [0.05, 0.1) is 11.4 Å². The molecule has 0 spiro atoms. The number of rotatable bonds is 5. The number of fused-ring (bicyclic) bond motifs is 1. The van der Waals surface area contributed by atoms with E-state index in [4.69, 9.17) is 0 Å². The van der Waals surface area contributed by atoms with Crippen LogP contribution in [-0.2, 0) is 6.42 Å². The van der Waals surface area contributed by atoms with Crippen molar-refractivity contribution in [1.29, 1.82) is 0 Å². The summed E-state index contributed by atoms with van der Waals surface area (Å²) in [7, 11) is 1.70. The van der Waals surface area contributed by atoms with Crippen molar-refractivity contribution in [3.8, 4) is 5.69 Å². The predicted molar refractivity (Wildman–Crippen MR) is 125 cm³/mol. The van der Waals surface area contributed by atoms with Crippen LogP contribution in [0.2, 0.25) is 0 Å². The van der Waals surface area contributed by atoms with E-state index >= 15 is 0 Å². The van der Waals surface area contributed by atoms with E-state index in [-0.39, 0.29) is 17.1 Å². The summed E-state index contributed by atoms with van der Waals surface area (Å²) in [5.41, 5.74) is -0.518. The quantitative estimate of drug-likeness (QED) is 0.383. The van der Waals surface area contributed by atoms with Gasteiger partial charge in [0.25, 0.3) is 5.56 Å². The van der Waals surface area contributed by atoms with Gasteiger partial charge in [0.1, 0.15) is 23.3 Å². The van der Waals surface area contributed by atoms with Crippen molar-refractivity contribution in [1.82, 2.24) is 9.55 Å². The Balaban J connectivity index is 1.75. The lowest BCUT2D eigenvalue weighted by Gasteiger charge is -2.15. The number of nitrogens with zero attached hydrogens (tertiary/aromatic N) is 2. The van der Waals surface area contributed by atoms with Gasteiger partial charge in [0.15, 0.2) is 0 Å². The first-order chi connectivity index (χ1) is 16.3. The Kier molecular flexibility index (Phi) is 6.22. The number of hydrogen-bond donors (Lipinski definition) is 3. The third-order valence-electron chi connectivity index (χ3n) is 5.24. The van der Waals surface area contributed by atoms with Gasteiger partial charge in [-0.3, -0.25) is 9.36 Å². The SMILES string of the molecule is CCc1c(=O)n(-c2cc(NC(=O)Nc3cccc(F)c3)c(F)cc2F)cc2cnc(NC)cc12. The average molecular weight is 467 g/mol. The molecule has 4 aromatic rings. The molecule has 0 aliphatic carbocycles. The van der Waals surface area contributed by atoms with E-state index in [0.717, 1.165) is 16.7 Å². The van der Waals surface area contributed by atoms with E-state index in [0.29, 0.717) is 34.6 Å². The first-order valence-corrected chi connectivity index (χ1v) is 10.4. The molecular formula is C24H20F3N5O2. The Hall–Kier alpha value is -4.34. The summed E-state index contributed by atoms with van der Waals surface area (Å²) in [4.78, 5) is 29.7. The number of urea groups is 1. The van der Waals surface area contributed by atoms with Crippen LogP contribution < -0.4 is 21.5 Å². The molecule has 10 heteroatoms. The maximum atomic E-state index is 14.8. The minimum Gasteiger partial charge on any atom is -0.373 e. The highest BCUT2D eigenvalue weighted by atomic mass is 19.1. The molecule has 2 aromatic carbocycles. The molecule has 4 rings (SSSR count). The second-order valence-corrected chi connectivity index (χ2v) is 7.42. The molecule has 0 bridgehead atoms. The van der Waals surface area contributed by atoms with Crippen LogP contribution in [-0.4, -0.2) is 22.6 Å². The van der Waals surface area contributed by atoms with Crippen molar-refractivity contribution in [2.45, 2.75) is 13.3 Å². The molecule has 34 heavy (non-hydrogen) atoms. The van der Waals surface area contributed by atoms with Gasteiger partial charge >= 0.3 is 6.03 Å². The highest BCUT2D eigenvalue weighted by Gasteiger charge is 2.18. The van der Waals surface area contributed by atoms with E-state index in [1.807, 2.05) is 0 Å². The summed E-state index contributed by atoms with van der Waals surface area (Å²) >= 11 is 0. The number of aromatic nitrogens is 2. The maximum Gasteiger partial charge on any atom is 0.323 e. The Morgan fingerprint density at radius 3 is 2.56 bits per heavy atom. The van der Waals surface area contributed by atoms with Crippen LogP contribution in [0.25, 0.3) is 16.5 Å². The number of aryl methyl sites for hydroxylation is 1. The zero-order chi connectivity index (χ0) is 24.4. The number of halogens is 3. The molecule has 174 valence electrons. The molecule has 0 saturated heterocycles. The van der Waals surface area contributed by atoms with E-state index in [1.165, 1.54) is 24.4 Å². The minimum atomic E-state index is -1.04. The lowest BCUT2D eigenvalue weighted by molar-refractivity contribution is 0.262. The number of pyridine rings is 2. The Morgan fingerprint density at radius 1 is 1.06 bits per heavy atom. The minimum absolute atomic E-state index is 0.145. The lowest BCUT2D eigenvalue weighted by atomic mass is 10.1. The van der Waals surface area contributed by atoms with Crippen LogP contribution in [0, 0.1) is 17.5 Å². The normalized spacial score (nSPS) is 10.9. The molecule has 0 unspecified atom stereocenters. The molecule has 2 amide bonds. The van der Waals surface area contributed by atoms with Gasteiger partial charge in [-0.05, 0) is 42.1 Å². The standard InChI is InChI=1S/C24H20F3N5O2/c1-3-16-17-8-22(28-2)29-11-13(17)12-32(23(16)33)21-10-20(18(26)9-19(21)27)31-24(34)30-15-6-4-5-14(25)7-15/h4-12,28H,3H2,1-2H3,(H2,30,31,34). The summed E-state index contributed by atoms with van der Waals surface area (Å²) < 4.78 is 43.6. The number of anilines is 3.